The van der Waals surface area contributed by atoms with Crippen molar-refractivity contribution in [3.63, 3.8) is 0 Å². The topological polar surface area (TPSA) is 21.3 Å². The van der Waals surface area contributed by atoms with Crippen LogP contribution in [0.3, 0.4) is 0 Å². The minimum atomic E-state index is 0.514. The van der Waals surface area contributed by atoms with E-state index in [9.17, 15) is 0 Å². The summed E-state index contributed by atoms with van der Waals surface area (Å²) in [6, 6.07) is 8.70. The molecule has 1 saturated heterocycles. The summed E-state index contributed by atoms with van der Waals surface area (Å²) in [5, 5.41) is 4.31. The van der Waals surface area contributed by atoms with E-state index in [1.54, 1.807) is 0 Å². The number of ether oxygens (including phenoxy) is 1. The van der Waals surface area contributed by atoms with Crippen molar-refractivity contribution in [2.45, 2.75) is 37.0 Å². The zero-order valence-electron chi connectivity index (χ0n) is 10.7. The number of hydrogen-bond acceptors (Lipinski definition) is 3. The Morgan fingerprint density at radius 2 is 2.22 bits per heavy atom. The van der Waals surface area contributed by atoms with Gasteiger partial charge >= 0.3 is 0 Å². The van der Waals surface area contributed by atoms with Gasteiger partial charge in [-0.15, -0.1) is 0 Å². The molecule has 98 valence electrons. The summed E-state index contributed by atoms with van der Waals surface area (Å²) >= 11 is 2.09. The molecule has 1 aromatic rings. The molecular weight excluding hydrogens is 242 g/mol. The fourth-order valence-electron chi connectivity index (χ4n) is 2.71. The van der Waals surface area contributed by atoms with E-state index in [2.05, 4.69) is 41.3 Å². The Balaban J connectivity index is 1.51. The number of thioether (sulfide) groups is 1. The second-order valence-corrected chi connectivity index (χ2v) is 6.50. The van der Waals surface area contributed by atoms with Crippen LogP contribution in [0.2, 0.25) is 0 Å². The molecule has 1 N–H and O–H groups in total. The Bertz CT molecular complexity index is 363. The van der Waals surface area contributed by atoms with Crippen LogP contribution < -0.4 is 5.32 Å². The highest BCUT2D eigenvalue weighted by Crippen LogP contribution is 2.28. The summed E-state index contributed by atoms with van der Waals surface area (Å²) in [6.45, 7) is 2.06. The van der Waals surface area contributed by atoms with E-state index in [1.165, 1.54) is 42.7 Å². The highest BCUT2D eigenvalue weighted by Gasteiger charge is 2.20. The number of benzene rings is 1. The number of para-hydroxylation sites is 1. The van der Waals surface area contributed by atoms with Gasteiger partial charge in [-0.3, -0.25) is 0 Å². The average Bonchev–Trinajstić information content (AvgIpc) is 2.84. The van der Waals surface area contributed by atoms with Crippen LogP contribution in [-0.4, -0.2) is 30.3 Å². The number of aryl methyl sites for hydroxylation is 1. The van der Waals surface area contributed by atoms with E-state index in [1.807, 2.05) is 0 Å². The Kier molecular flexibility index (Phi) is 4.11. The van der Waals surface area contributed by atoms with Gasteiger partial charge in [-0.05, 0) is 37.3 Å². The summed E-state index contributed by atoms with van der Waals surface area (Å²) in [5.41, 5.74) is 2.80. The van der Waals surface area contributed by atoms with E-state index in [0.717, 1.165) is 18.4 Å². The van der Waals surface area contributed by atoms with Gasteiger partial charge in [0.15, 0.2) is 0 Å². The van der Waals surface area contributed by atoms with E-state index in [4.69, 9.17) is 4.74 Å². The maximum Gasteiger partial charge on any atom is 0.0666 e. The Morgan fingerprint density at radius 1 is 1.28 bits per heavy atom. The van der Waals surface area contributed by atoms with Gasteiger partial charge in [0.25, 0.3) is 0 Å². The minimum absolute atomic E-state index is 0.514. The molecule has 2 atom stereocenters. The van der Waals surface area contributed by atoms with Crippen molar-refractivity contribution in [1.29, 1.82) is 0 Å². The van der Waals surface area contributed by atoms with Gasteiger partial charge in [0, 0.05) is 29.8 Å². The lowest BCUT2D eigenvalue weighted by atomic mass is 10.1. The number of fused-ring (bicyclic) bond motifs is 1. The largest absolute Gasteiger partial charge is 0.384 e. The molecule has 3 heteroatoms. The first-order valence-corrected chi connectivity index (χ1v) is 8.01. The van der Waals surface area contributed by atoms with Crippen LogP contribution >= 0.6 is 11.8 Å². The fourth-order valence-corrected chi connectivity index (χ4v) is 3.95. The summed E-state index contributed by atoms with van der Waals surface area (Å²) < 4.78 is 5.70. The number of anilines is 1. The van der Waals surface area contributed by atoms with Crippen LogP contribution in [0.4, 0.5) is 5.69 Å². The van der Waals surface area contributed by atoms with Crippen LogP contribution in [0.5, 0.6) is 0 Å². The molecule has 0 aromatic heterocycles. The fraction of sp³-hybridized carbons (Fsp3) is 0.600. The van der Waals surface area contributed by atoms with Crippen LogP contribution in [0.25, 0.3) is 0 Å². The Hall–Kier alpha value is -0.670. The van der Waals surface area contributed by atoms with Gasteiger partial charge in [-0.25, -0.2) is 0 Å². The van der Waals surface area contributed by atoms with E-state index < -0.39 is 0 Å². The SMILES string of the molecule is c1ccc2c(c1)CCC(SCC1CCCO1)CN2. The van der Waals surface area contributed by atoms with Gasteiger partial charge in [0.05, 0.1) is 6.10 Å². The highest BCUT2D eigenvalue weighted by atomic mass is 32.2. The van der Waals surface area contributed by atoms with E-state index >= 15 is 0 Å². The molecule has 0 bridgehead atoms. The first-order chi connectivity index (χ1) is 8.92. The molecule has 0 radical (unpaired) electrons. The quantitative estimate of drug-likeness (QED) is 0.904. The Morgan fingerprint density at radius 3 is 3.11 bits per heavy atom. The molecule has 2 unspecified atom stereocenters. The molecule has 18 heavy (non-hydrogen) atoms. The first kappa shape index (κ1) is 12.4. The summed E-state index contributed by atoms with van der Waals surface area (Å²) in [7, 11) is 0. The van der Waals surface area contributed by atoms with Crippen molar-refractivity contribution in [3.05, 3.63) is 29.8 Å². The molecule has 2 aliphatic heterocycles. The predicted molar refractivity (Wildman–Crippen MR) is 78.5 cm³/mol. The van der Waals surface area contributed by atoms with Crippen LogP contribution in [0.1, 0.15) is 24.8 Å². The summed E-state index contributed by atoms with van der Waals surface area (Å²) in [6.07, 6.45) is 5.50. The molecule has 0 amide bonds. The molecule has 0 saturated carbocycles. The minimum Gasteiger partial charge on any atom is -0.384 e. The third kappa shape index (κ3) is 3.01. The molecule has 3 rings (SSSR count). The van der Waals surface area contributed by atoms with Gasteiger partial charge in [0.2, 0.25) is 0 Å². The third-order valence-electron chi connectivity index (χ3n) is 3.82. The van der Waals surface area contributed by atoms with Gasteiger partial charge in [-0.2, -0.15) is 11.8 Å². The Labute approximate surface area is 113 Å². The monoisotopic (exact) mass is 263 g/mol. The van der Waals surface area contributed by atoms with Crippen molar-refractivity contribution in [1.82, 2.24) is 0 Å². The lowest BCUT2D eigenvalue weighted by Gasteiger charge is -2.16. The second-order valence-electron chi connectivity index (χ2n) is 5.17. The molecule has 0 spiro atoms. The van der Waals surface area contributed by atoms with Crippen molar-refractivity contribution >= 4 is 17.4 Å². The summed E-state index contributed by atoms with van der Waals surface area (Å²) in [5.74, 6) is 1.17. The maximum atomic E-state index is 5.70. The van der Waals surface area contributed by atoms with Crippen molar-refractivity contribution in [2.24, 2.45) is 0 Å². The molecule has 2 aliphatic rings. The van der Waals surface area contributed by atoms with Gasteiger partial charge in [-0.1, -0.05) is 18.2 Å². The molecule has 2 nitrogen and oxygen atoms in total. The average molecular weight is 263 g/mol. The maximum absolute atomic E-state index is 5.70. The lowest BCUT2D eigenvalue weighted by Crippen LogP contribution is -2.18. The third-order valence-corrected chi connectivity index (χ3v) is 5.25. The predicted octanol–water partition coefficient (Wildman–Crippen LogP) is 3.33. The summed E-state index contributed by atoms with van der Waals surface area (Å²) in [4.78, 5) is 0. The first-order valence-electron chi connectivity index (χ1n) is 6.97. The van der Waals surface area contributed by atoms with Crippen LogP contribution in [0, 0.1) is 0 Å². The second kappa shape index (κ2) is 5.98. The molecule has 1 fully saturated rings. The van der Waals surface area contributed by atoms with Crippen molar-refractivity contribution in [3.8, 4) is 0 Å². The van der Waals surface area contributed by atoms with E-state index in [-0.39, 0.29) is 0 Å². The lowest BCUT2D eigenvalue weighted by molar-refractivity contribution is 0.129. The van der Waals surface area contributed by atoms with Crippen LogP contribution in [0.15, 0.2) is 24.3 Å². The zero-order valence-corrected chi connectivity index (χ0v) is 11.5. The number of nitrogens with one attached hydrogen (secondary N) is 1. The van der Waals surface area contributed by atoms with Crippen molar-refractivity contribution in [2.75, 3.05) is 24.2 Å². The zero-order chi connectivity index (χ0) is 12.2. The standard InChI is InChI=1S/C15H21NOS/c1-2-6-15-12(4-1)7-8-14(10-16-15)18-11-13-5-3-9-17-13/h1-2,4,6,13-14,16H,3,5,7-11H2. The normalized spacial score (nSPS) is 27.3. The van der Waals surface area contributed by atoms with Gasteiger partial charge in [0.1, 0.15) is 0 Å². The smallest absolute Gasteiger partial charge is 0.0666 e. The number of rotatable bonds is 3. The van der Waals surface area contributed by atoms with E-state index in [0.29, 0.717) is 6.10 Å². The van der Waals surface area contributed by atoms with Crippen molar-refractivity contribution < 1.29 is 4.74 Å². The van der Waals surface area contributed by atoms with Crippen LogP contribution in [-0.2, 0) is 11.2 Å². The molecule has 1 aromatic carbocycles. The molecule has 0 aliphatic carbocycles. The highest BCUT2D eigenvalue weighted by molar-refractivity contribution is 8.00. The molecular formula is C15H21NOS. The number of hydrogen-bond donors (Lipinski definition) is 1. The molecule has 2 heterocycles. The van der Waals surface area contributed by atoms with Gasteiger partial charge < -0.3 is 10.1 Å².